The lowest BCUT2D eigenvalue weighted by atomic mass is 9.91. The number of fused-ring (bicyclic) bond motifs is 2. The quantitative estimate of drug-likeness (QED) is 0.190. The number of sulfone groups is 1. The lowest BCUT2D eigenvalue weighted by Crippen LogP contribution is -2.15. The number of ether oxygens (including phenoxy) is 8. The van der Waals surface area contributed by atoms with Gasteiger partial charge in [-0.3, -0.25) is 10.1 Å². The van der Waals surface area contributed by atoms with Crippen LogP contribution in [0.15, 0.2) is 40.7 Å². The first-order chi connectivity index (χ1) is 22.2. The van der Waals surface area contributed by atoms with Crippen molar-refractivity contribution in [2.75, 3.05) is 47.3 Å². The SMILES string of the molecule is COC(=O)c1cc(OC)c2c(c1-c1c(C(=O)Nc3nnc(S(=O)(=O)Cc4ccc(OC)cc4)s3)cc(OC)c3c1OCO3)OCO2. The van der Waals surface area contributed by atoms with E-state index in [2.05, 4.69) is 15.5 Å². The van der Waals surface area contributed by atoms with Gasteiger partial charge in [0.1, 0.15) is 5.75 Å². The molecule has 6 rings (SSSR count). The molecule has 0 fully saturated rings. The van der Waals surface area contributed by atoms with E-state index in [1.807, 2.05) is 0 Å². The Labute approximate surface area is 265 Å². The van der Waals surface area contributed by atoms with Crippen molar-refractivity contribution in [1.82, 2.24) is 10.2 Å². The summed E-state index contributed by atoms with van der Waals surface area (Å²) in [6.07, 6.45) is 0. The number of anilines is 1. The summed E-state index contributed by atoms with van der Waals surface area (Å²) in [5, 5.41) is 10.2. The molecule has 4 aromatic rings. The number of benzene rings is 3. The molecule has 0 radical (unpaired) electrons. The lowest BCUT2D eigenvalue weighted by Gasteiger charge is -2.19. The highest BCUT2D eigenvalue weighted by atomic mass is 32.2. The van der Waals surface area contributed by atoms with Gasteiger partial charge in [0, 0.05) is 11.1 Å². The molecular formula is C29H25N3O12S2. The molecule has 0 unspecified atom stereocenters. The number of aromatic nitrogens is 2. The van der Waals surface area contributed by atoms with Crippen LogP contribution in [0.5, 0.6) is 40.2 Å². The third-order valence-corrected chi connectivity index (χ3v) is 9.94. The average molecular weight is 672 g/mol. The number of amides is 1. The van der Waals surface area contributed by atoms with Crippen LogP contribution in [0.25, 0.3) is 11.1 Å². The number of hydrogen-bond acceptors (Lipinski definition) is 15. The van der Waals surface area contributed by atoms with Crippen LogP contribution in [0.2, 0.25) is 0 Å². The van der Waals surface area contributed by atoms with Crippen LogP contribution in [-0.2, 0) is 20.3 Å². The van der Waals surface area contributed by atoms with Gasteiger partial charge < -0.3 is 37.9 Å². The molecule has 1 amide bonds. The minimum Gasteiger partial charge on any atom is -0.497 e. The topological polar surface area (TPSA) is 180 Å². The normalized spacial score (nSPS) is 12.9. The summed E-state index contributed by atoms with van der Waals surface area (Å²) in [5.74, 6) is -0.392. The van der Waals surface area contributed by atoms with E-state index in [1.54, 1.807) is 24.3 Å². The van der Waals surface area contributed by atoms with E-state index < -0.39 is 21.7 Å². The molecule has 0 saturated carbocycles. The van der Waals surface area contributed by atoms with E-state index >= 15 is 0 Å². The Morgan fingerprint density at radius 2 is 1.37 bits per heavy atom. The summed E-state index contributed by atoms with van der Waals surface area (Å²) in [6, 6.07) is 9.33. The Morgan fingerprint density at radius 1 is 0.804 bits per heavy atom. The van der Waals surface area contributed by atoms with Crippen molar-refractivity contribution in [3.8, 4) is 51.4 Å². The number of carbonyl (C=O) groups excluding carboxylic acids is 2. The smallest absolute Gasteiger partial charge is 0.338 e. The van der Waals surface area contributed by atoms with Crippen molar-refractivity contribution in [1.29, 1.82) is 0 Å². The zero-order chi connectivity index (χ0) is 32.6. The summed E-state index contributed by atoms with van der Waals surface area (Å²) >= 11 is 0.674. The van der Waals surface area contributed by atoms with Gasteiger partial charge in [-0.1, -0.05) is 23.5 Å². The molecule has 0 bridgehead atoms. The maximum Gasteiger partial charge on any atom is 0.338 e. The standard InChI is InChI=1S/C29H25N3O12S2/c1-37-15-7-5-14(6-8-15)11-46(35,36)29-32-31-28(45-29)30-26(33)16-9-18(38-2)22-24(43-12-41-22)20(16)21-17(27(34)40-4)10-19(39-3)23-25(21)44-13-42-23/h5-10H,11-13H2,1-4H3,(H,30,31,33). The van der Waals surface area contributed by atoms with Gasteiger partial charge in [-0.25, -0.2) is 13.2 Å². The largest absolute Gasteiger partial charge is 0.497 e. The predicted molar refractivity (Wildman–Crippen MR) is 160 cm³/mol. The van der Waals surface area contributed by atoms with E-state index in [0.29, 0.717) is 22.6 Å². The van der Waals surface area contributed by atoms with E-state index in [4.69, 9.17) is 37.9 Å². The second-order valence-corrected chi connectivity index (χ2v) is 12.7. The maximum absolute atomic E-state index is 14.0. The van der Waals surface area contributed by atoms with Crippen LogP contribution in [-0.4, -0.2) is 72.5 Å². The molecule has 3 aromatic carbocycles. The van der Waals surface area contributed by atoms with Crippen molar-refractivity contribution in [3.63, 3.8) is 0 Å². The molecule has 0 saturated heterocycles. The van der Waals surface area contributed by atoms with Crippen molar-refractivity contribution in [2.24, 2.45) is 0 Å². The van der Waals surface area contributed by atoms with Gasteiger partial charge >= 0.3 is 5.97 Å². The summed E-state index contributed by atoms with van der Waals surface area (Å²) in [7, 11) is 1.57. The van der Waals surface area contributed by atoms with E-state index in [1.165, 1.54) is 40.6 Å². The Balaban J connectivity index is 1.42. The fraction of sp³-hybridized carbons (Fsp3) is 0.241. The van der Waals surface area contributed by atoms with E-state index in [0.717, 1.165) is 0 Å². The van der Waals surface area contributed by atoms with Crippen LogP contribution in [0.3, 0.4) is 0 Å². The van der Waals surface area contributed by atoms with Gasteiger partial charge in [0.25, 0.3) is 5.91 Å². The van der Waals surface area contributed by atoms with Crippen LogP contribution in [0.4, 0.5) is 5.13 Å². The molecule has 2 aliphatic rings. The first kappa shape index (κ1) is 30.7. The van der Waals surface area contributed by atoms with Crippen LogP contribution < -0.4 is 38.5 Å². The summed E-state index contributed by atoms with van der Waals surface area (Å²) in [6.45, 7) is -0.405. The first-order valence-electron chi connectivity index (χ1n) is 13.3. The van der Waals surface area contributed by atoms with Crippen LogP contribution in [0.1, 0.15) is 26.3 Å². The van der Waals surface area contributed by atoms with Crippen molar-refractivity contribution in [3.05, 3.63) is 53.1 Å². The third kappa shape index (κ3) is 5.43. The van der Waals surface area contributed by atoms with Gasteiger partial charge in [-0.15, -0.1) is 10.2 Å². The van der Waals surface area contributed by atoms with Gasteiger partial charge in [0.05, 0.1) is 45.3 Å². The van der Waals surface area contributed by atoms with Crippen LogP contribution >= 0.6 is 11.3 Å². The Hall–Kier alpha value is -5.29. The summed E-state index contributed by atoms with van der Waals surface area (Å²) < 4.78 is 69.8. The lowest BCUT2D eigenvalue weighted by molar-refractivity contribution is 0.0600. The molecule has 17 heteroatoms. The van der Waals surface area contributed by atoms with Gasteiger partial charge in [0.2, 0.25) is 44.4 Å². The first-order valence-corrected chi connectivity index (χ1v) is 15.8. The average Bonchev–Trinajstić information content (AvgIpc) is 3.85. The fourth-order valence-corrected chi connectivity index (χ4v) is 7.19. The van der Waals surface area contributed by atoms with Crippen molar-refractivity contribution < 1.29 is 55.9 Å². The number of nitrogens with one attached hydrogen (secondary N) is 1. The monoisotopic (exact) mass is 671 g/mol. The highest BCUT2D eigenvalue weighted by Crippen LogP contribution is 2.56. The van der Waals surface area contributed by atoms with Gasteiger partial charge in [-0.05, 0) is 29.8 Å². The fourth-order valence-electron chi connectivity index (χ4n) is 4.88. The Kier molecular flexibility index (Phi) is 8.18. The second-order valence-electron chi connectivity index (χ2n) is 9.56. The molecular weight excluding hydrogens is 646 g/mol. The molecule has 1 aromatic heterocycles. The highest BCUT2D eigenvalue weighted by molar-refractivity contribution is 7.92. The Morgan fingerprint density at radius 3 is 1.93 bits per heavy atom. The highest BCUT2D eigenvalue weighted by Gasteiger charge is 2.37. The molecule has 3 heterocycles. The van der Waals surface area contributed by atoms with Crippen LogP contribution in [0, 0.1) is 0 Å². The Bertz CT molecular complexity index is 1960. The number of methoxy groups -OCH3 is 4. The molecule has 0 spiro atoms. The van der Waals surface area contributed by atoms with E-state index in [9.17, 15) is 18.0 Å². The zero-order valence-electron chi connectivity index (χ0n) is 24.7. The van der Waals surface area contributed by atoms with Gasteiger partial charge in [0.15, 0.2) is 23.0 Å². The number of carbonyl (C=O) groups is 2. The van der Waals surface area contributed by atoms with Gasteiger partial charge in [-0.2, -0.15) is 0 Å². The van der Waals surface area contributed by atoms with E-state index in [-0.39, 0.29) is 85.6 Å². The van der Waals surface area contributed by atoms with Crippen molar-refractivity contribution >= 4 is 38.2 Å². The number of rotatable bonds is 10. The molecule has 2 aliphatic heterocycles. The number of esters is 1. The number of hydrogen-bond donors (Lipinski definition) is 1. The molecule has 0 aliphatic carbocycles. The molecule has 46 heavy (non-hydrogen) atoms. The summed E-state index contributed by atoms with van der Waals surface area (Å²) in [4.78, 5) is 27.0. The predicted octanol–water partition coefficient (Wildman–Crippen LogP) is 3.70. The second kappa shape index (κ2) is 12.2. The van der Waals surface area contributed by atoms with Crippen molar-refractivity contribution in [2.45, 2.75) is 10.1 Å². The molecule has 1 N–H and O–H groups in total. The number of nitrogens with zero attached hydrogens (tertiary/aromatic N) is 2. The zero-order valence-corrected chi connectivity index (χ0v) is 26.3. The minimum atomic E-state index is -3.91. The minimum absolute atomic E-state index is 0.0247. The molecule has 0 atom stereocenters. The molecule has 15 nitrogen and oxygen atoms in total. The third-order valence-electron chi connectivity index (χ3n) is 6.97. The molecule has 240 valence electrons. The summed E-state index contributed by atoms with van der Waals surface area (Å²) in [5.41, 5.74) is 0.621. The maximum atomic E-state index is 14.0.